The van der Waals surface area contributed by atoms with Crippen LogP contribution in [-0.2, 0) is 4.74 Å². The van der Waals surface area contributed by atoms with Crippen molar-refractivity contribution < 1.29 is 9.53 Å². The second kappa shape index (κ2) is 4.00. The van der Waals surface area contributed by atoms with Crippen LogP contribution in [0.25, 0.3) is 0 Å². The molecule has 0 saturated carbocycles. The molecule has 1 unspecified atom stereocenters. The molecule has 1 atom stereocenters. The summed E-state index contributed by atoms with van der Waals surface area (Å²) in [5.41, 5.74) is -0.312. The van der Waals surface area contributed by atoms with E-state index in [-0.39, 0.29) is 11.6 Å². The van der Waals surface area contributed by atoms with E-state index in [2.05, 4.69) is 24.2 Å². The number of carbonyl (C=O) groups is 1. The monoisotopic (exact) mass is 214 g/mol. The van der Waals surface area contributed by atoms with E-state index in [4.69, 9.17) is 4.74 Å². The van der Waals surface area contributed by atoms with Gasteiger partial charge in [-0.2, -0.15) is 0 Å². The van der Waals surface area contributed by atoms with Gasteiger partial charge in [-0.25, -0.2) is 4.79 Å². The molecule has 1 amide bonds. The second-order valence-corrected chi connectivity index (χ2v) is 5.52. The predicted molar refractivity (Wildman–Crippen MR) is 59.9 cm³/mol. The van der Waals surface area contributed by atoms with Gasteiger partial charge in [-0.05, 0) is 41.2 Å². The summed E-state index contributed by atoms with van der Waals surface area (Å²) in [6, 6.07) is 0. The minimum Gasteiger partial charge on any atom is -0.444 e. The maximum atomic E-state index is 11.4. The van der Waals surface area contributed by atoms with Gasteiger partial charge < -0.3 is 10.1 Å². The first-order chi connectivity index (χ1) is 6.73. The summed E-state index contributed by atoms with van der Waals surface area (Å²) < 4.78 is 5.17. The zero-order valence-electron chi connectivity index (χ0n) is 10.4. The maximum Gasteiger partial charge on any atom is 0.407 e. The largest absolute Gasteiger partial charge is 0.444 e. The summed E-state index contributed by atoms with van der Waals surface area (Å²) in [7, 11) is 2.07. The lowest BCUT2D eigenvalue weighted by Crippen LogP contribution is -2.61. The number of carbonyl (C=O) groups excluding carboxylic acids is 1. The van der Waals surface area contributed by atoms with Crippen molar-refractivity contribution in [3.8, 4) is 0 Å². The molecule has 0 aliphatic carbocycles. The summed E-state index contributed by atoms with van der Waals surface area (Å²) in [6.07, 6.45) is 0.795. The number of ether oxygens (including phenoxy) is 1. The molecule has 1 aliphatic heterocycles. The first-order valence-electron chi connectivity index (χ1n) is 5.41. The van der Waals surface area contributed by atoms with Crippen LogP contribution in [0.1, 0.15) is 34.1 Å². The van der Waals surface area contributed by atoms with Gasteiger partial charge in [0, 0.05) is 18.6 Å². The zero-order valence-corrected chi connectivity index (χ0v) is 10.4. The van der Waals surface area contributed by atoms with Gasteiger partial charge in [0.05, 0.1) is 0 Å². The molecule has 0 spiro atoms. The van der Waals surface area contributed by atoms with Gasteiger partial charge in [0.1, 0.15) is 5.60 Å². The van der Waals surface area contributed by atoms with Crippen molar-refractivity contribution >= 4 is 6.09 Å². The van der Waals surface area contributed by atoms with Crippen molar-refractivity contribution in [2.45, 2.75) is 45.3 Å². The van der Waals surface area contributed by atoms with Crippen LogP contribution in [0.4, 0.5) is 4.79 Å². The number of likely N-dealkylation sites (N-methyl/N-ethyl adjacent to an activating group) is 1. The fraction of sp³-hybridized carbons (Fsp3) is 0.909. The van der Waals surface area contributed by atoms with Crippen LogP contribution in [-0.4, -0.2) is 42.3 Å². The number of nitrogens with one attached hydrogen (secondary N) is 1. The molecule has 15 heavy (non-hydrogen) atoms. The smallest absolute Gasteiger partial charge is 0.407 e. The SMILES string of the molecule is CN1CCC1(C)CNC(=O)OC(C)(C)C. The van der Waals surface area contributed by atoms with Crippen molar-refractivity contribution in [1.29, 1.82) is 0 Å². The Labute approximate surface area is 92.0 Å². The average molecular weight is 214 g/mol. The maximum absolute atomic E-state index is 11.4. The van der Waals surface area contributed by atoms with Crippen LogP contribution >= 0.6 is 0 Å². The van der Waals surface area contributed by atoms with Crippen LogP contribution < -0.4 is 5.32 Å². The fourth-order valence-electron chi connectivity index (χ4n) is 1.52. The van der Waals surface area contributed by atoms with Gasteiger partial charge >= 0.3 is 6.09 Å². The Morgan fingerprint density at radius 3 is 2.47 bits per heavy atom. The molecule has 0 aromatic heterocycles. The van der Waals surface area contributed by atoms with Crippen molar-refractivity contribution in [3.63, 3.8) is 0 Å². The summed E-state index contributed by atoms with van der Waals surface area (Å²) >= 11 is 0. The Hall–Kier alpha value is -0.770. The van der Waals surface area contributed by atoms with E-state index >= 15 is 0 Å². The molecule has 1 fully saturated rings. The van der Waals surface area contributed by atoms with Crippen LogP contribution in [0.2, 0.25) is 0 Å². The van der Waals surface area contributed by atoms with Crippen molar-refractivity contribution in [2.24, 2.45) is 0 Å². The number of hydrogen-bond donors (Lipinski definition) is 1. The molecular weight excluding hydrogens is 192 g/mol. The van der Waals surface area contributed by atoms with Gasteiger partial charge in [0.25, 0.3) is 0 Å². The Kier molecular flexibility index (Phi) is 3.28. The third-order valence-corrected chi connectivity index (χ3v) is 2.92. The highest BCUT2D eigenvalue weighted by atomic mass is 16.6. The van der Waals surface area contributed by atoms with Gasteiger partial charge in [0.2, 0.25) is 0 Å². The van der Waals surface area contributed by atoms with Gasteiger partial charge in [-0.3, -0.25) is 4.90 Å². The minimum absolute atomic E-state index is 0.108. The molecule has 0 aromatic rings. The molecule has 1 heterocycles. The molecule has 1 N–H and O–H groups in total. The molecule has 0 aromatic carbocycles. The van der Waals surface area contributed by atoms with Crippen molar-refractivity contribution in [3.05, 3.63) is 0 Å². The van der Waals surface area contributed by atoms with Gasteiger partial charge in [0.15, 0.2) is 0 Å². The average Bonchev–Trinajstić information content (AvgIpc) is 2.09. The highest BCUT2D eigenvalue weighted by Gasteiger charge is 2.37. The molecule has 88 valence electrons. The minimum atomic E-state index is -0.420. The Balaban J connectivity index is 2.29. The van der Waals surface area contributed by atoms with Crippen molar-refractivity contribution in [1.82, 2.24) is 10.2 Å². The summed E-state index contributed by atoms with van der Waals surface area (Å²) in [4.78, 5) is 13.6. The summed E-state index contributed by atoms with van der Waals surface area (Å²) in [6.45, 7) is 9.50. The van der Waals surface area contributed by atoms with E-state index in [0.717, 1.165) is 13.0 Å². The van der Waals surface area contributed by atoms with Crippen LogP contribution in [0.5, 0.6) is 0 Å². The molecule has 4 nitrogen and oxygen atoms in total. The molecule has 1 saturated heterocycles. The number of likely N-dealkylation sites (tertiary alicyclic amines) is 1. The first kappa shape index (κ1) is 12.3. The number of nitrogens with zero attached hydrogens (tertiary/aromatic N) is 1. The fourth-order valence-corrected chi connectivity index (χ4v) is 1.52. The number of amides is 1. The Morgan fingerprint density at radius 2 is 2.13 bits per heavy atom. The number of alkyl carbamates (subject to hydrolysis) is 1. The molecular formula is C11H22N2O2. The van der Waals surface area contributed by atoms with Crippen molar-refractivity contribution in [2.75, 3.05) is 20.1 Å². The number of hydrogen-bond acceptors (Lipinski definition) is 3. The third kappa shape index (κ3) is 3.38. The highest BCUT2D eigenvalue weighted by Crippen LogP contribution is 2.27. The van der Waals surface area contributed by atoms with E-state index in [9.17, 15) is 4.79 Å². The lowest BCUT2D eigenvalue weighted by atomic mass is 9.87. The highest BCUT2D eigenvalue weighted by molar-refractivity contribution is 5.67. The van der Waals surface area contributed by atoms with Crippen LogP contribution in [0, 0.1) is 0 Å². The van der Waals surface area contributed by atoms with Crippen LogP contribution in [0.3, 0.4) is 0 Å². The standard InChI is InChI=1S/C11H22N2O2/c1-10(2,3)15-9(14)12-8-11(4)6-7-13(11)5/h6-8H2,1-5H3,(H,12,14). The molecule has 0 bridgehead atoms. The summed E-state index contributed by atoms with van der Waals surface area (Å²) in [5, 5.41) is 2.81. The number of rotatable bonds is 2. The Bertz CT molecular complexity index is 247. The second-order valence-electron chi connectivity index (χ2n) is 5.52. The quantitative estimate of drug-likeness (QED) is 0.759. The molecule has 1 rings (SSSR count). The predicted octanol–water partition coefficient (Wildman–Crippen LogP) is 1.61. The van der Waals surface area contributed by atoms with Gasteiger partial charge in [-0.15, -0.1) is 0 Å². The topological polar surface area (TPSA) is 41.6 Å². The zero-order chi connectivity index (χ0) is 11.7. The van der Waals surface area contributed by atoms with E-state index < -0.39 is 5.60 Å². The lowest BCUT2D eigenvalue weighted by Gasteiger charge is -2.48. The van der Waals surface area contributed by atoms with E-state index in [1.54, 1.807) is 0 Å². The molecule has 4 heteroatoms. The van der Waals surface area contributed by atoms with E-state index in [1.165, 1.54) is 0 Å². The molecule has 1 aliphatic rings. The Morgan fingerprint density at radius 1 is 1.53 bits per heavy atom. The third-order valence-electron chi connectivity index (χ3n) is 2.92. The van der Waals surface area contributed by atoms with Crippen LogP contribution in [0.15, 0.2) is 0 Å². The van der Waals surface area contributed by atoms with E-state index in [0.29, 0.717) is 6.54 Å². The lowest BCUT2D eigenvalue weighted by molar-refractivity contribution is 0.0175. The van der Waals surface area contributed by atoms with Gasteiger partial charge in [-0.1, -0.05) is 0 Å². The first-order valence-corrected chi connectivity index (χ1v) is 5.41. The normalized spacial score (nSPS) is 27.0. The van der Waals surface area contributed by atoms with E-state index in [1.807, 2.05) is 20.8 Å². The molecule has 0 radical (unpaired) electrons. The summed E-state index contributed by atoms with van der Waals surface area (Å²) in [5.74, 6) is 0.